The highest BCUT2D eigenvalue weighted by molar-refractivity contribution is 5.95. The zero-order valence-electron chi connectivity index (χ0n) is 12.8. The van der Waals surface area contributed by atoms with Crippen molar-refractivity contribution in [3.63, 3.8) is 0 Å². The molecule has 0 aliphatic heterocycles. The highest BCUT2D eigenvalue weighted by Gasteiger charge is 2.21. The summed E-state index contributed by atoms with van der Waals surface area (Å²) in [7, 11) is 0. The van der Waals surface area contributed by atoms with Gasteiger partial charge in [0.25, 0.3) is 5.91 Å². The van der Waals surface area contributed by atoms with Crippen molar-refractivity contribution >= 4 is 11.4 Å². The molecule has 0 bridgehead atoms. The third kappa shape index (κ3) is 4.29. The minimum atomic E-state index is -0.874. The number of nitrogens with zero attached hydrogens (tertiary/aromatic N) is 2. The molecule has 2 N–H and O–H groups in total. The molecule has 5 heteroatoms. The van der Waals surface area contributed by atoms with Gasteiger partial charge in [0.2, 0.25) is 0 Å². The van der Waals surface area contributed by atoms with Gasteiger partial charge in [-0.25, -0.2) is 4.98 Å². The predicted octanol–water partition coefficient (Wildman–Crippen LogP) is 2.25. The predicted molar refractivity (Wildman–Crippen MR) is 82.2 cm³/mol. The highest BCUT2D eigenvalue weighted by Crippen LogP contribution is 2.15. The van der Waals surface area contributed by atoms with E-state index in [1.54, 1.807) is 37.8 Å². The summed E-state index contributed by atoms with van der Waals surface area (Å²) in [6.45, 7) is 6.25. The Morgan fingerprint density at radius 2 is 2.29 bits per heavy atom. The molecule has 1 unspecified atom stereocenters. The number of nitrogens with one attached hydrogen (secondary N) is 1. The van der Waals surface area contributed by atoms with Crippen LogP contribution in [0.15, 0.2) is 30.9 Å². The van der Waals surface area contributed by atoms with E-state index in [0.717, 1.165) is 11.9 Å². The van der Waals surface area contributed by atoms with E-state index in [9.17, 15) is 9.90 Å². The second kappa shape index (κ2) is 6.26. The average Bonchev–Trinajstić information content (AvgIpc) is 2.90. The second-order valence-corrected chi connectivity index (χ2v) is 6.25. The van der Waals surface area contributed by atoms with E-state index >= 15 is 0 Å². The van der Waals surface area contributed by atoms with Gasteiger partial charge in [-0.3, -0.25) is 4.79 Å². The van der Waals surface area contributed by atoms with Gasteiger partial charge < -0.3 is 14.8 Å². The maximum Gasteiger partial charge on any atom is 0.251 e. The number of aromatic nitrogens is 2. The van der Waals surface area contributed by atoms with Gasteiger partial charge in [0.15, 0.2) is 0 Å². The average molecular weight is 289 g/mol. The zero-order chi connectivity index (χ0) is 15.5. The maximum absolute atomic E-state index is 12.1. The minimum absolute atomic E-state index is 0.177. The van der Waals surface area contributed by atoms with Gasteiger partial charge in [0.05, 0.1) is 23.6 Å². The Labute approximate surface area is 125 Å². The van der Waals surface area contributed by atoms with Crippen molar-refractivity contribution in [2.75, 3.05) is 6.54 Å². The molecule has 114 valence electrons. The van der Waals surface area contributed by atoms with Crippen LogP contribution < -0.4 is 5.32 Å². The molecular weight excluding hydrogens is 266 g/mol. The van der Waals surface area contributed by atoms with Crippen LogP contribution in [0.1, 0.15) is 44.0 Å². The molecule has 1 amide bonds. The van der Waals surface area contributed by atoms with E-state index in [1.807, 2.05) is 4.40 Å². The summed E-state index contributed by atoms with van der Waals surface area (Å²) < 4.78 is 1.84. The molecule has 0 aromatic carbocycles. The van der Waals surface area contributed by atoms with Crippen molar-refractivity contribution in [3.05, 3.63) is 36.4 Å². The van der Waals surface area contributed by atoms with Gasteiger partial charge in [-0.2, -0.15) is 0 Å². The van der Waals surface area contributed by atoms with Gasteiger partial charge >= 0.3 is 0 Å². The number of aliphatic hydroxyl groups is 1. The fraction of sp³-hybridized carbons (Fsp3) is 0.500. The van der Waals surface area contributed by atoms with Crippen molar-refractivity contribution < 1.29 is 9.90 Å². The summed E-state index contributed by atoms with van der Waals surface area (Å²) in [4.78, 5) is 16.2. The number of amides is 1. The number of carbonyl (C=O) groups is 1. The van der Waals surface area contributed by atoms with Crippen LogP contribution in [-0.2, 0) is 0 Å². The van der Waals surface area contributed by atoms with E-state index in [-0.39, 0.29) is 12.5 Å². The van der Waals surface area contributed by atoms with Crippen molar-refractivity contribution in [1.29, 1.82) is 0 Å². The Balaban J connectivity index is 1.94. The van der Waals surface area contributed by atoms with Gasteiger partial charge in [0.1, 0.15) is 0 Å². The summed E-state index contributed by atoms with van der Waals surface area (Å²) >= 11 is 0. The van der Waals surface area contributed by atoms with Crippen LogP contribution in [0.4, 0.5) is 0 Å². The Bertz CT molecular complexity index is 617. The van der Waals surface area contributed by atoms with Crippen molar-refractivity contribution in [3.8, 4) is 0 Å². The van der Waals surface area contributed by atoms with E-state index in [0.29, 0.717) is 17.9 Å². The lowest BCUT2D eigenvalue weighted by Crippen LogP contribution is -2.40. The van der Waals surface area contributed by atoms with Gasteiger partial charge in [0, 0.05) is 18.3 Å². The molecule has 2 aromatic rings. The van der Waals surface area contributed by atoms with Crippen molar-refractivity contribution in [2.45, 2.75) is 39.2 Å². The van der Waals surface area contributed by atoms with Gasteiger partial charge in [-0.15, -0.1) is 0 Å². The molecular formula is C16H23N3O2. The topological polar surface area (TPSA) is 66.6 Å². The van der Waals surface area contributed by atoms with Crippen LogP contribution >= 0.6 is 0 Å². The van der Waals surface area contributed by atoms with Crippen LogP contribution in [0, 0.1) is 5.92 Å². The molecule has 0 radical (unpaired) electrons. The third-order valence-corrected chi connectivity index (χ3v) is 3.57. The minimum Gasteiger partial charge on any atom is -0.388 e. The van der Waals surface area contributed by atoms with Gasteiger partial charge in [-0.05, 0) is 37.8 Å². The fourth-order valence-corrected chi connectivity index (χ4v) is 2.12. The summed E-state index contributed by atoms with van der Waals surface area (Å²) in [6.07, 6.45) is 6.80. The lowest BCUT2D eigenvalue weighted by molar-refractivity contribution is 0.0429. The number of hydrogen-bond donors (Lipinski definition) is 2. The number of carbonyl (C=O) groups excluding carboxylic acids is 1. The fourth-order valence-electron chi connectivity index (χ4n) is 2.12. The van der Waals surface area contributed by atoms with E-state index < -0.39 is 5.60 Å². The molecule has 21 heavy (non-hydrogen) atoms. The lowest BCUT2D eigenvalue weighted by Gasteiger charge is -2.24. The summed E-state index contributed by atoms with van der Waals surface area (Å²) in [5, 5.41) is 13.1. The molecule has 5 nitrogen and oxygen atoms in total. The SMILES string of the molecule is CC(C)CCC(C)(O)CNC(=O)c1ccn2cncc2c1. The zero-order valence-corrected chi connectivity index (χ0v) is 12.8. The van der Waals surface area contributed by atoms with Crippen LogP contribution in [-0.4, -0.2) is 32.5 Å². The molecule has 0 spiro atoms. The van der Waals surface area contributed by atoms with Crippen LogP contribution in [0.5, 0.6) is 0 Å². The monoisotopic (exact) mass is 289 g/mol. The number of imidazole rings is 1. The molecule has 0 aliphatic carbocycles. The Morgan fingerprint density at radius 3 is 3.00 bits per heavy atom. The Hall–Kier alpha value is -1.88. The standard InChI is InChI=1S/C16H23N3O2/c1-12(2)4-6-16(3,21)10-18-15(20)13-5-7-19-11-17-9-14(19)8-13/h5,7-9,11-12,21H,4,6,10H2,1-3H3,(H,18,20). The first-order chi connectivity index (χ1) is 9.87. The Morgan fingerprint density at radius 1 is 1.52 bits per heavy atom. The van der Waals surface area contributed by atoms with Crippen molar-refractivity contribution in [2.24, 2.45) is 5.92 Å². The first kappa shape index (κ1) is 15.5. The van der Waals surface area contributed by atoms with Gasteiger partial charge in [-0.1, -0.05) is 13.8 Å². The molecule has 2 aromatic heterocycles. The summed E-state index contributed by atoms with van der Waals surface area (Å²) in [6, 6.07) is 3.53. The highest BCUT2D eigenvalue weighted by atomic mass is 16.3. The molecule has 0 aliphatic rings. The molecule has 0 fully saturated rings. The quantitative estimate of drug-likeness (QED) is 0.857. The van der Waals surface area contributed by atoms with Crippen LogP contribution in [0.25, 0.3) is 5.52 Å². The first-order valence-corrected chi connectivity index (χ1v) is 7.30. The molecule has 0 saturated heterocycles. The number of hydrogen-bond acceptors (Lipinski definition) is 3. The summed E-state index contributed by atoms with van der Waals surface area (Å²) in [5.74, 6) is 0.361. The lowest BCUT2D eigenvalue weighted by atomic mass is 9.95. The maximum atomic E-state index is 12.1. The smallest absolute Gasteiger partial charge is 0.251 e. The van der Waals surface area contributed by atoms with E-state index in [1.165, 1.54) is 0 Å². The molecule has 2 rings (SSSR count). The molecule has 2 heterocycles. The number of fused-ring (bicyclic) bond motifs is 1. The Kier molecular flexibility index (Phi) is 4.63. The largest absolute Gasteiger partial charge is 0.388 e. The first-order valence-electron chi connectivity index (χ1n) is 7.30. The number of pyridine rings is 1. The van der Waals surface area contributed by atoms with Crippen molar-refractivity contribution in [1.82, 2.24) is 14.7 Å². The number of rotatable bonds is 6. The molecule has 0 saturated carbocycles. The molecule has 1 atom stereocenters. The third-order valence-electron chi connectivity index (χ3n) is 3.57. The second-order valence-electron chi connectivity index (χ2n) is 6.25. The van der Waals surface area contributed by atoms with E-state index in [4.69, 9.17) is 0 Å². The van der Waals surface area contributed by atoms with E-state index in [2.05, 4.69) is 24.1 Å². The summed E-state index contributed by atoms with van der Waals surface area (Å²) in [5.41, 5.74) is 0.567. The van der Waals surface area contributed by atoms with Crippen LogP contribution in [0.3, 0.4) is 0 Å². The van der Waals surface area contributed by atoms with Crippen LogP contribution in [0.2, 0.25) is 0 Å². The normalized spacial score (nSPS) is 14.3.